The first kappa shape index (κ1) is 26.2. The summed E-state index contributed by atoms with van der Waals surface area (Å²) in [7, 11) is 5.60. The molecule has 2 heterocycles. The van der Waals surface area contributed by atoms with Gasteiger partial charge in [0.15, 0.2) is 23.3 Å². The van der Waals surface area contributed by atoms with Crippen molar-refractivity contribution in [3.63, 3.8) is 0 Å². The van der Waals surface area contributed by atoms with Crippen molar-refractivity contribution in [1.29, 1.82) is 5.26 Å². The average Bonchev–Trinajstić information content (AvgIpc) is 3.19. The number of pyridine rings is 1. The molecule has 38 heavy (non-hydrogen) atoms. The van der Waals surface area contributed by atoms with E-state index in [0.717, 1.165) is 22.8 Å². The molecule has 0 bridgehead atoms. The van der Waals surface area contributed by atoms with E-state index in [2.05, 4.69) is 26.0 Å². The monoisotopic (exact) mass is 520 g/mol. The molecule has 0 spiro atoms. The summed E-state index contributed by atoms with van der Waals surface area (Å²) in [6.07, 6.45) is -1.29. The Morgan fingerprint density at radius 2 is 1.92 bits per heavy atom. The Hall–Kier alpha value is -4.92. The van der Waals surface area contributed by atoms with Gasteiger partial charge in [0.05, 0.1) is 23.2 Å². The zero-order valence-electron chi connectivity index (χ0n) is 21.1. The van der Waals surface area contributed by atoms with Crippen LogP contribution in [-0.4, -0.2) is 46.1 Å². The number of aryl methyl sites for hydroxylation is 1. The number of carboxylic acid groups (broad SMARTS) is 1. The molecule has 0 fully saturated rings. The number of carbonyl (C=O) groups is 1. The highest BCUT2D eigenvalue weighted by Crippen LogP contribution is 2.31. The van der Waals surface area contributed by atoms with E-state index < -0.39 is 29.8 Å². The quantitative estimate of drug-likeness (QED) is 0.262. The van der Waals surface area contributed by atoms with Crippen LogP contribution in [0.5, 0.6) is 0 Å². The Morgan fingerprint density at radius 1 is 1.16 bits per heavy atom. The summed E-state index contributed by atoms with van der Waals surface area (Å²) in [6.45, 7) is 1.56. The Morgan fingerprint density at radius 3 is 2.58 bits per heavy atom. The smallest absolute Gasteiger partial charge is 0.404 e. The van der Waals surface area contributed by atoms with Crippen LogP contribution < -0.4 is 20.9 Å². The van der Waals surface area contributed by atoms with E-state index in [9.17, 15) is 19.6 Å². The average molecular weight is 521 g/mol. The van der Waals surface area contributed by atoms with E-state index in [0.29, 0.717) is 11.3 Å². The van der Waals surface area contributed by atoms with Crippen molar-refractivity contribution in [3.8, 4) is 6.07 Å². The first-order valence-electron chi connectivity index (χ1n) is 11.6. The van der Waals surface area contributed by atoms with Crippen molar-refractivity contribution in [2.75, 3.05) is 29.6 Å². The molecular formula is C26H26F2N8O2. The first-order chi connectivity index (χ1) is 18.1. The second-order valence-electron chi connectivity index (χ2n) is 8.94. The van der Waals surface area contributed by atoms with Gasteiger partial charge in [-0.3, -0.25) is 4.68 Å². The number of aromatic nitrogens is 3. The molecule has 4 aromatic rings. The van der Waals surface area contributed by atoms with Crippen LogP contribution in [0.3, 0.4) is 0 Å². The molecule has 0 unspecified atom stereocenters. The van der Waals surface area contributed by atoms with Crippen LogP contribution in [0, 0.1) is 23.0 Å². The van der Waals surface area contributed by atoms with Gasteiger partial charge in [-0.1, -0.05) is 12.1 Å². The van der Waals surface area contributed by atoms with Crippen molar-refractivity contribution in [1.82, 2.24) is 20.1 Å². The third-order valence-electron chi connectivity index (χ3n) is 5.96. The highest BCUT2D eigenvalue weighted by molar-refractivity contribution is 5.93. The van der Waals surface area contributed by atoms with Crippen molar-refractivity contribution in [2.45, 2.75) is 19.0 Å². The van der Waals surface area contributed by atoms with Crippen LogP contribution in [0.4, 0.5) is 36.7 Å². The number of hydrogen-bond acceptors (Lipinski definition) is 7. The molecule has 0 saturated heterocycles. The largest absolute Gasteiger partial charge is 0.465 e. The summed E-state index contributed by atoms with van der Waals surface area (Å²) in [5.74, 6) is -0.762. The molecule has 196 valence electrons. The van der Waals surface area contributed by atoms with Gasteiger partial charge in [0.2, 0.25) is 0 Å². The van der Waals surface area contributed by atoms with Gasteiger partial charge in [0.1, 0.15) is 11.9 Å². The van der Waals surface area contributed by atoms with Crippen LogP contribution in [0.15, 0.2) is 48.5 Å². The molecule has 2 atom stereocenters. The number of benzene rings is 2. The number of nitriles is 1. The second kappa shape index (κ2) is 10.6. The molecule has 10 nitrogen and oxygen atoms in total. The van der Waals surface area contributed by atoms with Crippen molar-refractivity contribution in [3.05, 3.63) is 71.3 Å². The standard InChI is InChI=1S/C26H26F2N8O2/c1-14(30-26(37)38)22(15-6-5-7-17(27)10-15)32-24-20(28)11-16(13-29)23(33-24)31-18-8-9-21-19(12-18)25(35(2)3)34-36(21)4/h5-12,14,22,30H,1-4H3,(H,37,38)(H2,31,32,33)/t14-,22+/m0/s1. The lowest BCUT2D eigenvalue weighted by Crippen LogP contribution is -2.39. The lowest BCUT2D eigenvalue weighted by Gasteiger charge is -2.26. The van der Waals surface area contributed by atoms with E-state index in [1.807, 2.05) is 44.2 Å². The van der Waals surface area contributed by atoms with Gasteiger partial charge >= 0.3 is 6.09 Å². The summed E-state index contributed by atoms with van der Waals surface area (Å²) in [5.41, 5.74) is 1.83. The van der Waals surface area contributed by atoms with Gasteiger partial charge in [-0.15, -0.1) is 0 Å². The number of hydrogen-bond donors (Lipinski definition) is 4. The minimum absolute atomic E-state index is 0.0359. The molecule has 0 aliphatic heterocycles. The lowest BCUT2D eigenvalue weighted by atomic mass is 10.00. The molecule has 12 heteroatoms. The molecule has 0 saturated carbocycles. The van der Waals surface area contributed by atoms with E-state index >= 15 is 4.39 Å². The number of rotatable bonds is 8. The zero-order valence-corrected chi connectivity index (χ0v) is 21.1. The van der Waals surface area contributed by atoms with Crippen LogP contribution in [-0.2, 0) is 7.05 Å². The maximum atomic E-state index is 15.1. The number of anilines is 4. The molecule has 4 rings (SSSR count). The van der Waals surface area contributed by atoms with Crippen LogP contribution >= 0.6 is 0 Å². The van der Waals surface area contributed by atoms with E-state index in [-0.39, 0.29) is 17.2 Å². The van der Waals surface area contributed by atoms with E-state index in [1.165, 1.54) is 18.2 Å². The van der Waals surface area contributed by atoms with Crippen LogP contribution in [0.25, 0.3) is 10.9 Å². The minimum atomic E-state index is -1.29. The van der Waals surface area contributed by atoms with Gasteiger partial charge in [-0.25, -0.2) is 18.6 Å². The molecule has 2 aromatic carbocycles. The lowest BCUT2D eigenvalue weighted by molar-refractivity contribution is 0.189. The fourth-order valence-electron chi connectivity index (χ4n) is 4.19. The highest BCUT2D eigenvalue weighted by atomic mass is 19.1. The Kier molecular flexibility index (Phi) is 7.29. The van der Waals surface area contributed by atoms with Gasteiger partial charge in [0, 0.05) is 32.2 Å². The van der Waals surface area contributed by atoms with Gasteiger partial charge in [0.25, 0.3) is 0 Å². The minimum Gasteiger partial charge on any atom is -0.465 e. The number of nitrogens with one attached hydrogen (secondary N) is 3. The maximum Gasteiger partial charge on any atom is 0.404 e. The highest BCUT2D eigenvalue weighted by Gasteiger charge is 2.24. The molecule has 0 aliphatic carbocycles. The van der Waals surface area contributed by atoms with Crippen molar-refractivity contribution >= 4 is 40.1 Å². The topological polar surface area (TPSA) is 131 Å². The predicted octanol–water partition coefficient (Wildman–Crippen LogP) is 4.74. The summed E-state index contributed by atoms with van der Waals surface area (Å²) in [6, 6.07) is 12.3. The fourth-order valence-corrected chi connectivity index (χ4v) is 4.19. The predicted molar refractivity (Wildman–Crippen MR) is 141 cm³/mol. The molecule has 0 radical (unpaired) electrons. The van der Waals surface area contributed by atoms with E-state index in [1.54, 1.807) is 23.7 Å². The Balaban J connectivity index is 1.72. The SMILES string of the molecule is C[C@H](NC(=O)O)[C@@H](Nc1nc(Nc2ccc3c(c2)c(N(C)C)nn3C)c(C#N)cc1F)c1cccc(F)c1. The summed E-state index contributed by atoms with van der Waals surface area (Å²) in [5, 5.41) is 32.5. The third kappa shape index (κ3) is 5.41. The summed E-state index contributed by atoms with van der Waals surface area (Å²) < 4.78 is 30.8. The molecule has 4 N–H and O–H groups in total. The first-order valence-corrected chi connectivity index (χ1v) is 11.6. The summed E-state index contributed by atoms with van der Waals surface area (Å²) in [4.78, 5) is 17.5. The van der Waals surface area contributed by atoms with Gasteiger partial charge in [-0.2, -0.15) is 10.4 Å². The van der Waals surface area contributed by atoms with E-state index in [4.69, 9.17) is 0 Å². The molecular weight excluding hydrogens is 494 g/mol. The van der Waals surface area contributed by atoms with Gasteiger partial charge in [-0.05, 0) is 48.9 Å². The molecule has 2 aromatic heterocycles. The number of halogens is 2. The maximum absolute atomic E-state index is 15.1. The number of fused-ring (bicyclic) bond motifs is 1. The second-order valence-corrected chi connectivity index (χ2v) is 8.94. The fraction of sp³-hybridized carbons (Fsp3) is 0.231. The van der Waals surface area contributed by atoms with Crippen molar-refractivity contribution in [2.24, 2.45) is 7.05 Å². The molecule has 0 aliphatic rings. The van der Waals surface area contributed by atoms with Crippen LogP contribution in [0.2, 0.25) is 0 Å². The summed E-state index contributed by atoms with van der Waals surface area (Å²) >= 11 is 0. The molecule has 1 amide bonds. The zero-order chi connectivity index (χ0) is 27.6. The van der Waals surface area contributed by atoms with Crippen molar-refractivity contribution < 1.29 is 18.7 Å². The van der Waals surface area contributed by atoms with Crippen LogP contribution in [0.1, 0.15) is 24.1 Å². The normalized spacial score (nSPS) is 12.4. The number of amides is 1. The Bertz CT molecular complexity index is 1550. The Labute approximate surface area is 217 Å². The van der Waals surface area contributed by atoms with Gasteiger partial charge < -0.3 is 26.0 Å². The third-order valence-corrected chi connectivity index (χ3v) is 5.96. The number of nitrogens with zero attached hydrogens (tertiary/aromatic N) is 5.